The predicted molar refractivity (Wildman–Crippen MR) is 35.8 cm³/mol. The second-order valence-electron chi connectivity index (χ2n) is 3.31. The third-order valence-electron chi connectivity index (χ3n) is 1.76. The molecule has 0 amide bonds. The number of rotatable bonds is 1. The molecule has 3 heteroatoms. The molecule has 0 radical (unpaired) electrons. The van der Waals surface area contributed by atoms with Crippen LogP contribution in [0.25, 0.3) is 0 Å². The van der Waals surface area contributed by atoms with E-state index in [1.165, 1.54) is 0 Å². The zero-order chi connectivity index (χ0) is 7.78. The van der Waals surface area contributed by atoms with Crippen LogP contribution in [0.15, 0.2) is 0 Å². The fourth-order valence-electron chi connectivity index (χ4n) is 1.20. The third-order valence-corrected chi connectivity index (χ3v) is 1.76. The number of carbonyl (C=O) groups is 1. The SMILES string of the molecule is CC1(C)CC(C(=O)O)CO1. The highest BCUT2D eigenvalue weighted by atomic mass is 16.5. The highest BCUT2D eigenvalue weighted by Gasteiger charge is 2.35. The maximum atomic E-state index is 10.4. The first-order valence-corrected chi connectivity index (χ1v) is 3.38. The van der Waals surface area contributed by atoms with Gasteiger partial charge in [0, 0.05) is 0 Å². The van der Waals surface area contributed by atoms with Gasteiger partial charge in [-0.15, -0.1) is 0 Å². The first-order chi connectivity index (χ1) is 4.51. The van der Waals surface area contributed by atoms with Gasteiger partial charge in [0.2, 0.25) is 0 Å². The molecule has 1 rings (SSSR count). The third kappa shape index (κ3) is 1.48. The van der Waals surface area contributed by atoms with Crippen LogP contribution in [0.3, 0.4) is 0 Å². The molecule has 0 bridgehead atoms. The Morgan fingerprint density at radius 3 is 2.50 bits per heavy atom. The number of aliphatic carboxylic acids is 1. The Hall–Kier alpha value is -0.570. The average Bonchev–Trinajstić information content (AvgIpc) is 2.10. The highest BCUT2D eigenvalue weighted by Crippen LogP contribution is 2.28. The van der Waals surface area contributed by atoms with E-state index in [0.29, 0.717) is 13.0 Å². The van der Waals surface area contributed by atoms with Crippen molar-refractivity contribution in [2.24, 2.45) is 5.92 Å². The van der Waals surface area contributed by atoms with Gasteiger partial charge >= 0.3 is 5.97 Å². The minimum atomic E-state index is -0.745. The second-order valence-corrected chi connectivity index (χ2v) is 3.31. The van der Waals surface area contributed by atoms with Crippen LogP contribution in [-0.4, -0.2) is 23.3 Å². The van der Waals surface area contributed by atoms with E-state index in [2.05, 4.69) is 0 Å². The highest BCUT2D eigenvalue weighted by molar-refractivity contribution is 5.70. The molecule has 0 aromatic heterocycles. The van der Waals surface area contributed by atoms with Crippen molar-refractivity contribution in [3.05, 3.63) is 0 Å². The summed E-state index contributed by atoms with van der Waals surface area (Å²) < 4.78 is 5.23. The zero-order valence-corrected chi connectivity index (χ0v) is 6.26. The summed E-state index contributed by atoms with van der Waals surface area (Å²) in [5, 5.41) is 8.57. The fraction of sp³-hybridized carbons (Fsp3) is 0.857. The Bertz CT molecular complexity index is 151. The van der Waals surface area contributed by atoms with Gasteiger partial charge in [-0.2, -0.15) is 0 Å². The van der Waals surface area contributed by atoms with E-state index in [0.717, 1.165) is 0 Å². The van der Waals surface area contributed by atoms with Gasteiger partial charge in [0.1, 0.15) is 0 Å². The van der Waals surface area contributed by atoms with Crippen LogP contribution >= 0.6 is 0 Å². The molecule has 1 unspecified atom stereocenters. The molecule has 0 aromatic carbocycles. The Balaban J connectivity index is 2.51. The second kappa shape index (κ2) is 2.23. The molecular formula is C7H12O3. The smallest absolute Gasteiger partial charge is 0.308 e. The summed E-state index contributed by atoms with van der Waals surface area (Å²) in [6.07, 6.45) is 0.627. The zero-order valence-electron chi connectivity index (χ0n) is 6.26. The molecule has 1 atom stereocenters. The van der Waals surface area contributed by atoms with Gasteiger partial charge in [0.25, 0.3) is 0 Å². The summed E-state index contributed by atoms with van der Waals surface area (Å²) in [4.78, 5) is 10.4. The van der Waals surface area contributed by atoms with Gasteiger partial charge in [-0.05, 0) is 20.3 Å². The Labute approximate surface area is 60.0 Å². The maximum absolute atomic E-state index is 10.4. The molecule has 1 N–H and O–H groups in total. The molecule has 1 heterocycles. The number of hydrogen-bond acceptors (Lipinski definition) is 2. The summed E-state index contributed by atoms with van der Waals surface area (Å²) in [5.41, 5.74) is -0.233. The quantitative estimate of drug-likeness (QED) is 0.594. The molecule has 58 valence electrons. The Kier molecular flexibility index (Phi) is 1.68. The van der Waals surface area contributed by atoms with Crippen molar-refractivity contribution in [3.63, 3.8) is 0 Å². The Morgan fingerprint density at radius 2 is 2.30 bits per heavy atom. The van der Waals surface area contributed by atoms with Gasteiger partial charge < -0.3 is 9.84 Å². The molecule has 0 aliphatic carbocycles. The van der Waals surface area contributed by atoms with Gasteiger partial charge in [-0.25, -0.2) is 0 Å². The van der Waals surface area contributed by atoms with Crippen molar-refractivity contribution in [1.82, 2.24) is 0 Å². The lowest BCUT2D eigenvalue weighted by atomic mass is 9.98. The summed E-state index contributed by atoms with van der Waals surface area (Å²) in [6, 6.07) is 0. The minimum absolute atomic E-state index is 0.233. The first-order valence-electron chi connectivity index (χ1n) is 3.38. The van der Waals surface area contributed by atoms with Gasteiger partial charge in [0.15, 0.2) is 0 Å². The number of ether oxygens (including phenoxy) is 1. The molecule has 1 fully saturated rings. The van der Waals surface area contributed by atoms with E-state index in [-0.39, 0.29) is 11.5 Å². The van der Waals surface area contributed by atoms with Crippen molar-refractivity contribution in [1.29, 1.82) is 0 Å². The molecule has 1 aliphatic heterocycles. The normalized spacial score (nSPS) is 30.4. The molecule has 1 saturated heterocycles. The molecular weight excluding hydrogens is 132 g/mol. The maximum Gasteiger partial charge on any atom is 0.308 e. The number of carboxylic acid groups (broad SMARTS) is 1. The summed E-state index contributed by atoms with van der Waals surface area (Å²) in [5.74, 6) is -1.04. The van der Waals surface area contributed by atoms with Gasteiger partial charge in [0.05, 0.1) is 18.1 Å². The van der Waals surface area contributed by atoms with Crippen LogP contribution in [0.4, 0.5) is 0 Å². The molecule has 3 nitrogen and oxygen atoms in total. The summed E-state index contributed by atoms with van der Waals surface area (Å²) in [6.45, 7) is 4.19. The van der Waals surface area contributed by atoms with E-state index in [1.54, 1.807) is 0 Å². The van der Waals surface area contributed by atoms with Crippen molar-refractivity contribution in [3.8, 4) is 0 Å². The largest absolute Gasteiger partial charge is 0.481 e. The van der Waals surface area contributed by atoms with Crippen LogP contribution in [0.2, 0.25) is 0 Å². The van der Waals surface area contributed by atoms with Gasteiger partial charge in [-0.3, -0.25) is 4.79 Å². The van der Waals surface area contributed by atoms with E-state index in [1.807, 2.05) is 13.8 Å². The van der Waals surface area contributed by atoms with Crippen molar-refractivity contribution >= 4 is 5.97 Å². The van der Waals surface area contributed by atoms with Crippen LogP contribution in [-0.2, 0) is 9.53 Å². The summed E-state index contributed by atoms with van der Waals surface area (Å²) >= 11 is 0. The summed E-state index contributed by atoms with van der Waals surface area (Å²) in [7, 11) is 0. The van der Waals surface area contributed by atoms with Crippen molar-refractivity contribution in [2.75, 3.05) is 6.61 Å². The van der Waals surface area contributed by atoms with Crippen LogP contribution in [0.1, 0.15) is 20.3 Å². The van der Waals surface area contributed by atoms with Crippen LogP contribution in [0.5, 0.6) is 0 Å². The topological polar surface area (TPSA) is 46.5 Å². The number of hydrogen-bond donors (Lipinski definition) is 1. The van der Waals surface area contributed by atoms with Gasteiger partial charge in [-0.1, -0.05) is 0 Å². The van der Waals surface area contributed by atoms with Crippen LogP contribution < -0.4 is 0 Å². The average molecular weight is 144 g/mol. The molecule has 0 saturated carbocycles. The minimum Gasteiger partial charge on any atom is -0.481 e. The molecule has 0 spiro atoms. The Morgan fingerprint density at radius 1 is 1.70 bits per heavy atom. The number of carboxylic acids is 1. The van der Waals surface area contributed by atoms with E-state index < -0.39 is 5.97 Å². The van der Waals surface area contributed by atoms with Crippen molar-refractivity contribution in [2.45, 2.75) is 25.9 Å². The molecule has 1 aliphatic rings. The van der Waals surface area contributed by atoms with E-state index >= 15 is 0 Å². The monoisotopic (exact) mass is 144 g/mol. The molecule has 10 heavy (non-hydrogen) atoms. The lowest BCUT2D eigenvalue weighted by Gasteiger charge is -2.14. The predicted octanol–water partition coefficient (Wildman–Crippen LogP) is 0.886. The first kappa shape index (κ1) is 7.54. The standard InChI is InChI=1S/C7H12O3/c1-7(2)3-5(4-10-7)6(8)9/h5H,3-4H2,1-2H3,(H,8,9). The van der Waals surface area contributed by atoms with E-state index in [9.17, 15) is 4.79 Å². The lowest BCUT2D eigenvalue weighted by molar-refractivity contribution is -0.141. The molecule has 0 aromatic rings. The fourth-order valence-corrected chi connectivity index (χ4v) is 1.20. The van der Waals surface area contributed by atoms with E-state index in [4.69, 9.17) is 9.84 Å². The van der Waals surface area contributed by atoms with Crippen molar-refractivity contribution < 1.29 is 14.6 Å². The van der Waals surface area contributed by atoms with Crippen LogP contribution in [0, 0.1) is 5.92 Å². The lowest BCUT2D eigenvalue weighted by Crippen LogP contribution is -2.18.